The smallest absolute Gasteiger partial charge is 0.214 e. The molecule has 0 spiro atoms. The summed E-state index contributed by atoms with van der Waals surface area (Å²) < 4.78 is 4.23. The number of hydrogen-bond acceptors (Lipinski definition) is 1. The molecule has 22 heavy (non-hydrogen) atoms. The summed E-state index contributed by atoms with van der Waals surface area (Å²) in [5.74, 6) is 0.953. The summed E-state index contributed by atoms with van der Waals surface area (Å²) in [7, 11) is 2.06. The van der Waals surface area contributed by atoms with Crippen molar-refractivity contribution in [3.8, 4) is 22.5 Å². The highest BCUT2D eigenvalue weighted by Gasteiger charge is 2.12. The fourth-order valence-electron chi connectivity index (χ4n) is 2.79. The monoisotopic (exact) mass is 287 g/mol. The number of benzene rings is 2. The van der Waals surface area contributed by atoms with E-state index in [4.69, 9.17) is 4.98 Å². The number of imidazole rings is 2. The summed E-state index contributed by atoms with van der Waals surface area (Å²) in [5, 5.41) is 0. The van der Waals surface area contributed by atoms with Crippen molar-refractivity contribution in [3.05, 3.63) is 72.6 Å². The molecule has 0 fully saturated rings. The Morgan fingerprint density at radius 3 is 2.23 bits per heavy atom. The minimum atomic E-state index is 0.953. The first-order valence-electron chi connectivity index (χ1n) is 7.39. The van der Waals surface area contributed by atoms with Crippen LogP contribution in [-0.4, -0.2) is 14.0 Å². The van der Waals surface area contributed by atoms with E-state index >= 15 is 0 Å². The summed E-state index contributed by atoms with van der Waals surface area (Å²) in [6.45, 7) is 2.10. The van der Waals surface area contributed by atoms with Gasteiger partial charge in [-0.1, -0.05) is 60.2 Å². The number of aryl methyl sites for hydroxylation is 2. The van der Waals surface area contributed by atoms with Crippen LogP contribution in [0.4, 0.5) is 0 Å². The van der Waals surface area contributed by atoms with Gasteiger partial charge in [0.15, 0.2) is 0 Å². The van der Waals surface area contributed by atoms with Gasteiger partial charge in [0.25, 0.3) is 0 Å². The second-order valence-corrected chi connectivity index (χ2v) is 5.64. The van der Waals surface area contributed by atoms with E-state index in [1.807, 2.05) is 18.2 Å². The molecule has 0 aliphatic rings. The second-order valence-electron chi connectivity index (χ2n) is 5.64. The quantitative estimate of drug-likeness (QED) is 0.538. The third-order valence-corrected chi connectivity index (χ3v) is 4.05. The molecule has 108 valence electrons. The molecule has 0 unspecified atom stereocenters. The van der Waals surface area contributed by atoms with E-state index in [1.54, 1.807) is 0 Å². The van der Waals surface area contributed by atoms with E-state index in [9.17, 15) is 0 Å². The molecule has 0 radical (unpaired) electrons. The fraction of sp³-hybridized carbons (Fsp3) is 0.105. The first kappa shape index (κ1) is 12.9. The van der Waals surface area contributed by atoms with Crippen molar-refractivity contribution in [3.63, 3.8) is 0 Å². The highest BCUT2D eigenvalue weighted by atomic mass is 15.2. The average molecular weight is 287 g/mol. The lowest BCUT2D eigenvalue weighted by atomic mass is 10.1. The van der Waals surface area contributed by atoms with Gasteiger partial charge >= 0.3 is 0 Å². The third-order valence-electron chi connectivity index (χ3n) is 4.05. The topological polar surface area (TPSA) is 22.2 Å². The number of hydrogen-bond donors (Lipinski definition) is 0. The Labute approximate surface area is 129 Å². The predicted molar refractivity (Wildman–Crippen MR) is 89.8 cm³/mol. The van der Waals surface area contributed by atoms with Crippen molar-refractivity contribution >= 4 is 5.78 Å². The van der Waals surface area contributed by atoms with Crippen LogP contribution in [0.5, 0.6) is 0 Å². The van der Waals surface area contributed by atoms with Gasteiger partial charge in [-0.15, -0.1) is 0 Å². The molecular formula is C19H17N3. The first-order valence-corrected chi connectivity index (χ1v) is 7.39. The predicted octanol–water partition coefficient (Wildman–Crippen LogP) is 4.32. The third kappa shape index (κ3) is 2.02. The molecule has 0 N–H and O–H groups in total. The van der Waals surface area contributed by atoms with Crippen LogP contribution in [0.15, 0.2) is 67.0 Å². The van der Waals surface area contributed by atoms with Crippen LogP contribution in [0, 0.1) is 6.92 Å². The lowest BCUT2D eigenvalue weighted by Gasteiger charge is -2.03. The molecule has 0 amide bonds. The SMILES string of the molecule is Cc1ccc(-c2cn3cc(-c4ccccc4)nc3n2C)cc1. The van der Waals surface area contributed by atoms with Crippen molar-refractivity contribution in [2.45, 2.75) is 6.92 Å². The molecule has 0 bridgehead atoms. The van der Waals surface area contributed by atoms with E-state index in [1.165, 1.54) is 16.8 Å². The van der Waals surface area contributed by atoms with Gasteiger partial charge in [-0.3, -0.25) is 4.40 Å². The zero-order valence-corrected chi connectivity index (χ0v) is 12.7. The van der Waals surface area contributed by atoms with Crippen LogP contribution in [-0.2, 0) is 7.05 Å². The van der Waals surface area contributed by atoms with Crippen LogP contribution in [0.2, 0.25) is 0 Å². The summed E-state index contributed by atoms with van der Waals surface area (Å²) >= 11 is 0. The molecule has 0 saturated heterocycles. The highest BCUT2D eigenvalue weighted by molar-refractivity contribution is 5.67. The molecule has 3 heteroatoms. The molecule has 4 aromatic rings. The molecule has 0 saturated carbocycles. The zero-order chi connectivity index (χ0) is 15.1. The summed E-state index contributed by atoms with van der Waals surface area (Å²) in [5.41, 5.74) is 5.79. The summed E-state index contributed by atoms with van der Waals surface area (Å²) in [4.78, 5) is 4.77. The summed E-state index contributed by atoms with van der Waals surface area (Å²) in [6.07, 6.45) is 4.22. The van der Waals surface area contributed by atoms with Crippen LogP contribution >= 0.6 is 0 Å². The first-order chi connectivity index (χ1) is 10.7. The van der Waals surface area contributed by atoms with Gasteiger partial charge in [0.1, 0.15) is 0 Å². The molecule has 4 rings (SSSR count). The molecule has 3 nitrogen and oxygen atoms in total. The molecule has 2 aromatic heterocycles. The number of rotatable bonds is 2. The lowest BCUT2D eigenvalue weighted by Crippen LogP contribution is -1.92. The number of aromatic nitrogens is 3. The Hall–Kier alpha value is -2.81. The zero-order valence-electron chi connectivity index (χ0n) is 12.7. The van der Waals surface area contributed by atoms with E-state index < -0.39 is 0 Å². The Morgan fingerprint density at radius 1 is 0.818 bits per heavy atom. The Balaban J connectivity index is 1.82. The molecule has 2 aromatic carbocycles. The second kappa shape index (κ2) is 4.88. The van der Waals surface area contributed by atoms with Crippen LogP contribution in [0.1, 0.15) is 5.56 Å². The lowest BCUT2D eigenvalue weighted by molar-refractivity contribution is 0.945. The average Bonchev–Trinajstić information content (AvgIpc) is 3.09. The maximum absolute atomic E-state index is 4.77. The van der Waals surface area contributed by atoms with Gasteiger partial charge in [0.2, 0.25) is 5.78 Å². The van der Waals surface area contributed by atoms with Crippen LogP contribution in [0.25, 0.3) is 28.3 Å². The van der Waals surface area contributed by atoms with Crippen LogP contribution < -0.4 is 0 Å². The van der Waals surface area contributed by atoms with Gasteiger partial charge < -0.3 is 4.57 Å². The maximum atomic E-state index is 4.77. The van der Waals surface area contributed by atoms with E-state index in [-0.39, 0.29) is 0 Å². The van der Waals surface area contributed by atoms with Gasteiger partial charge in [-0.25, -0.2) is 4.98 Å². The number of fused-ring (bicyclic) bond motifs is 1. The Bertz CT molecular complexity index is 928. The maximum Gasteiger partial charge on any atom is 0.214 e. The van der Waals surface area contributed by atoms with Gasteiger partial charge in [-0.2, -0.15) is 0 Å². The normalized spacial score (nSPS) is 11.2. The van der Waals surface area contributed by atoms with Crippen molar-refractivity contribution < 1.29 is 0 Å². The fourth-order valence-corrected chi connectivity index (χ4v) is 2.79. The van der Waals surface area contributed by atoms with Gasteiger partial charge in [0, 0.05) is 25.0 Å². The van der Waals surface area contributed by atoms with Gasteiger partial charge in [0.05, 0.1) is 11.4 Å². The molecule has 2 heterocycles. The highest BCUT2D eigenvalue weighted by Crippen LogP contribution is 2.25. The van der Waals surface area contributed by atoms with Gasteiger partial charge in [-0.05, 0) is 12.5 Å². The molecule has 0 atom stereocenters. The van der Waals surface area contributed by atoms with E-state index in [2.05, 4.69) is 71.7 Å². The summed E-state index contributed by atoms with van der Waals surface area (Å²) in [6, 6.07) is 18.9. The molecule has 0 aliphatic heterocycles. The Morgan fingerprint density at radius 2 is 1.55 bits per heavy atom. The van der Waals surface area contributed by atoms with Crippen molar-refractivity contribution in [2.24, 2.45) is 7.05 Å². The van der Waals surface area contributed by atoms with Crippen molar-refractivity contribution in [1.82, 2.24) is 14.0 Å². The van der Waals surface area contributed by atoms with Crippen LogP contribution in [0.3, 0.4) is 0 Å². The van der Waals surface area contributed by atoms with Crippen molar-refractivity contribution in [2.75, 3.05) is 0 Å². The minimum Gasteiger partial charge on any atom is -0.313 e. The van der Waals surface area contributed by atoms with E-state index in [0.29, 0.717) is 0 Å². The number of nitrogens with zero attached hydrogens (tertiary/aromatic N) is 3. The largest absolute Gasteiger partial charge is 0.313 e. The van der Waals surface area contributed by atoms with Crippen molar-refractivity contribution in [1.29, 1.82) is 0 Å². The standard InChI is InChI=1S/C19H17N3/c1-14-8-10-16(11-9-14)18-13-22-12-17(20-19(22)21(18)2)15-6-4-3-5-7-15/h3-13H,1-2H3. The minimum absolute atomic E-state index is 0.953. The van der Waals surface area contributed by atoms with E-state index in [0.717, 1.165) is 17.0 Å². The molecular weight excluding hydrogens is 270 g/mol. The Kier molecular flexibility index (Phi) is 2.86. The molecule has 0 aliphatic carbocycles.